The Morgan fingerprint density at radius 2 is 2.20 bits per heavy atom. The third kappa shape index (κ3) is 2.90. The monoisotopic (exact) mass is 340 g/mol. The molecule has 0 radical (unpaired) electrons. The average molecular weight is 340 g/mol. The zero-order valence-corrected chi connectivity index (χ0v) is 14.5. The topological polar surface area (TPSA) is 60.1 Å². The summed E-state index contributed by atoms with van der Waals surface area (Å²) in [6.07, 6.45) is 8.28. The molecular formula is C19H24N4O2. The van der Waals surface area contributed by atoms with Gasteiger partial charge in [0.05, 0.1) is 6.33 Å². The van der Waals surface area contributed by atoms with Crippen molar-refractivity contribution < 1.29 is 4.79 Å². The molecule has 1 saturated heterocycles. The first-order chi connectivity index (χ1) is 12.2. The number of carbonyl (C=O) groups is 1. The molecule has 0 aliphatic carbocycles. The van der Waals surface area contributed by atoms with Crippen molar-refractivity contribution in [1.82, 2.24) is 19.0 Å². The first kappa shape index (κ1) is 16.1. The molecule has 0 unspecified atom stereocenters. The van der Waals surface area contributed by atoms with Gasteiger partial charge in [0.1, 0.15) is 6.54 Å². The molecule has 0 spiro atoms. The third-order valence-electron chi connectivity index (χ3n) is 5.61. The predicted octanol–water partition coefficient (Wildman–Crippen LogP) is 2.03. The van der Waals surface area contributed by atoms with Gasteiger partial charge in [0.25, 0.3) is 5.56 Å². The van der Waals surface area contributed by atoms with Gasteiger partial charge in [0.2, 0.25) is 5.91 Å². The van der Waals surface area contributed by atoms with Crippen molar-refractivity contribution >= 4 is 5.91 Å². The van der Waals surface area contributed by atoms with Gasteiger partial charge in [-0.25, -0.2) is 4.98 Å². The molecule has 4 rings (SSSR count). The molecule has 1 fully saturated rings. The maximum atomic E-state index is 12.7. The second-order valence-electron chi connectivity index (χ2n) is 7.24. The standard InChI is InChI=1S/C19H24N4O2/c1-2-4-16-14-9-15(17-5-3-6-18(24)23(16)17)11-22(10-14)19(25)12-21-8-7-20-13-21/h3,5-8,13-16H,2,4,9-12H2,1H3/t14-,15+,16-/m0/s1. The van der Waals surface area contributed by atoms with E-state index < -0.39 is 0 Å². The Morgan fingerprint density at radius 3 is 2.96 bits per heavy atom. The van der Waals surface area contributed by atoms with E-state index in [1.807, 2.05) is 26.3 Å². The van der Waals surface area contributed by atoms with Gasteiger partial charge in [-0.05, 0) is 24.8 Å². The molecule has 6 nitrogen and oxygen atoms in total. The summed E-state index contributed by atoms with van der Waals surface area (Å²) in [6.45, 7) is 3.94. The number of aromatic nitrogens is 3. The van der Waals surface area contributed by atoms with Crippen LogP contribution >= 0.6 is 0 Å². The van der Waals surface area contributed by atoms with Crippen LogP contribution in [0.5, 0.6) is 0 Å². The number of fused-ring (bicyclic) bond motifs is 4. The molecule has 1 amide bonds. The van der Waals surface area contributed by atoms with E-state index in [-0.39, 0.29) is 23.4 Å². The SMILES string of the molecule is CCC[C@H]1[C@H]2C[C@H](CN(C(=O)Cn3ccnc3)C2)c2cccc(=O)n21. The minimum atomic E-state index is 0.101. The number of pyridine rings is 1. The van der Waals surface area contributed by atoms with Gasteiger partial charge in [0, 0.05) is 49.2 Å². The van der Waals surface area contributed by atoms with Crippen LogP contribution in [0.15, 0.2) is 41.7 Å². The lowest BCUT2D eigenvalue weighted by molar-refractivity contribution is -0.135. The van der Waals surface area contributed by atoms with Crippen molar-refractivity contribution in [3.8, 4) is 0 Å². The normalized spacial score (nSPS) is 24.8. The summed E-state index contributed by atoms with van der Waals surface area (Å²) in [5.74, 6) is 0.750. The molecule has 0 N–H and O–H groups in total. The van der Waals surface area contributed by atoms with Gasteiger partial charge in [-0.15, -0.1) is 0 Å². The average Bonchev–Trinajstić information content (AvgIpc) is 3.11. The molecular weight excluding hydrogens is 316 g/mol. The zero-order valence-electron chi connectivity index (χ0n) is 14.5. The summed E-state index contributed by atoms with van der Waals surface area (Å²) in [5, 5.41) is 0. The van der Waals surface area contributed by atoms with Crippen LogP contribution in [0.25, 0.3) is 0 Å². The largest absolute Gasteiger partial charge is 0.340 e. The van der Waals surface area contributed by atoms with Crippen molar-refractivity contribution in [2.75, 3.05) is 13.1 Å². The number of hydrogen-bond donors (Lipinski definition) is 0. The quantitative estimate of drug-likeness (QED) is 0.856. The van der Waals surface area contributed by atoms with E-state index in [1.165, 1.54) is 0 Å². The van der Waals surface area contributed by atoms with E-state index in [4.69, 9.17) is 0 Å². The summed E-state index contributed by atoms with van der Waals surface area (Å²) < 4.78 is 3.83. The number of piperidine rings is 1. The molecule has 0 saturated carbocycles. The van der Waals surface area contributed by atoms with Gasteiger partial charge in [-0.2, -0.15) is 0 Å². The van der Waals surface area contributed by atoms with Crippen LogP contribution in [-0.2, 0) is 11.3 Å². The molecule has 2 aromatic heterocycles. The highest BCUT2D eigenvalue weighted by atomic mass is 16.2. The van der Waals surface area contributed by atoms with Gasteiger partial charge in [-0.1, -0.05) is 19.4 Å². The van der Waals surface area contributed by atoms with Crippen molar-refractivity contribution in [2.24, 2.45) is 5.92 Å². The molecule has 132 valence electrons. The first-order valence-corrected chi connectivity index (χ1v) is 9.12. The minimum Gasteiger partial charge on any atom is -0.340 e. The van der Waals surface area contributed by atoms with Gasteiger partial charge in [0.15, 0.2) is 0 Å². The fraction of sp³-hybridized carbons (Fsp3) is 0.526. The fourth-order valence-electron chi connectivity index (χ4n) is 4.55. The Labute approximate surface area is 147 Å². The molecule has 0 aromatic carbocycles. The van der Waals surface area contributed by atoms with Crippen molar-refractivity contribution in [3.05, 3.63) is 53.0 Å². The Hall–Kier alpha value is -2.37. The van der Waals surface area contributed by atoms with Crippen molar-refractivity contribution in [2.45, 2.75) is 44.7 Å². The van der Waals surface area contributed by atoms with Crippen LogP contribution in [0.1, 0.15) is 43.8 Å². The lowest BCUT2D eigenvalue weighted by atomic mass is 9.77. The summed E-state index contributed by atoms with van der Waals surface area (Å²) in [7, 11) is 0. The molecule has 2 aliphatic rings. The lowest BCUT2D eigenvalue weighted by Crippen LogP contribution is -2.51. The Kier molecular flexibility index (Phi) is 4.19. The second-order valence-corrected chi connectivity index (χ2v) is 7.24. The van der Waals surface area contributed by atoms with Gasteiger partial charge in [-0.3, -0.25) is 9.59 Å². The fourth-order valence-corrected chi connectivity index (χ4v) is 4.55. The molecule has 25 heavy (non-hydrogen) atoms. The van der Waals surface area contributed by atoms with Crippen LogP contribution in [0.3, 0.4) is 0 Å². The Morgan fingerprint density at radius 1 is 1.32 bits per heavy atom. The molecule has 2 aromatic rings. The van der Waals surface area contributed by atoms with E-state index in [9.17, 15) is 9.59 Å². The molecule has 2 bridgehead atoms. The molecule has 3 atom stereocenters. The zero-order chi connectivity index (χ0) is 17.4. The number of nitrogens with zero attached hydrogens (tertiary/aromatic N) is 4. The highest BCUT2D eigenvalue weighted by Gasteiger charge is 2.41. The van der Waals surface area contributed by atoms with Gasteiger partial charge < -0.3 is 14.0 Å². The van der Waals surface area contributed by atoms with E-state index in [0.717, 1.165) is 31.5 Å². The second kappa shape index (κ2) is 6.50. The highest BCUT2D eigenvalue weighted by Crippen LogP contribution is 2.42. The van der Waals surface area contributed by atoms with Crippen molar-refractivity contribution in [1.29, 1.82) is 0 Å². The number of amides is 1. The van der Waals surface area contributed by atoms with Crippen LogP contribution in [0.2, 0.25) is 0 Å². The van der Waals surface area contributed by atoms with E-state index in [2.05, 4.69) is 18.0 Å². The van der Waals surface area contributed by atoms with Crippen LogP contribution in [0, 0.1) is 5.92 Å². The summed E-state index contributed by atoms with van der Waals surface area (Å²) in [4.78, 5) is 31.2. The number of carbonyl (C=O) groups excluding carboxylic acids is 1. The third-order valence-corrected chi connectivity index (χ3v) is 5.61. The molecule has 4 heterocycles. The number of likely N-dealkylation sites (tertiary alicyclic amines) is 1. The molecule has 2 aliphatic heterocycles. The highest BCUT2D eigenvalue weighted by molar-refractivity contribution is 5.76. The Balaban J connectivity index is 1.62. The molecule has 6 heteroatoms. The number of rotatable bonds is 4. The number of hydrogen-bond acceptors (Lipinski definition) is 3. The summed E-state index contributed by atoms with van der Waals surface area (Å²) in [5.41, 5.74) is 1.20. The Bertz CT molecular complexity index is 811. The first-order valence-electron chi connectivity index (χ1n) is 9.12. The summed E-state index contributed by atoms with van der Waals surface area (Å²) in [6, 6.07) is 5.78. The van der Waals surface area contributed by atoms with Gasteiger partial charge >= 0.3 is 0 Å². The maximum Gasteiger partial charge on any atom is 0.250 e. The minimum absolute atomic E-state index is 0.101. The lowest BCUT2D eigenvalue weighted by Gasteiger charge is -2.47. The van der Waals surface area contributed by atoms with Crippen LogP contribution in [-0.4, -0.2) is 38.0 Å². The smallest absolute Gasteiger partial charge is 0.250 e. The van der Waals surface area contributed by atoms with Crippen LogP contribution in [0.4, 0.5) is 0 Å². The maximum absolute atomic E-state index is 12.7. The van der Waals surface area contributed by atoms with E-state index in [0.29, 0.717) is 19.0 Å². The predicted molar refractivity (Wildman–Crippen MR) is 94.3 cm³/mol. The van der Waals surface area contributed by atoms with E-state index in [1.54, 1.807) is 18.6 Å². The van der Waals surface area contributed by atoms with E-state index >= 15 is 0 Å². The number of imidazole rings is 1. The summed E-state index contributed by atoms with van der Waals surface area (Å²) >= 11 is 0. The van der Waals surface area contributed by atoms with Crippen molar-refractivity contribution in [3.63, 3.8) is 0 Å². The van der Waals surface area contributed by atoms with Crippen LogP contribution < -0.4 is 5.56 Å².